The normalized spacial score (nSPS) is 11.2. The Kier molecular flexibility index (Phi) is 4.42. The van der Waals surface area contributed by atoms with Crippen LogP contribution in [0.5, 0.6) is 11.5 Å². The summed E-state index contributed by atoms with van der Waals surface area (Å²) in [6, 6.07) is 8.82. The molecule has 0 radical (unpaired) electrons. The largest absolute Gasteiger partial charge is 0.497 e. The molecule has 0 aliphatic carbocycles. The fourth-order valence-corrected chi connectivity index (χ4v) is 2.45. The number of aliphatic carboxylic acids is 1. The summed E-state index contributed by atoms with van der Waals surface area (Å²) >= 11 is 1.47. The maximum absolute atomic E-state index is 11.5. The number of ether oxygens (including phenoxy) is 2. The molecule has 1 aromatic heterocycles. The number of carboxylic acids is 1. The Labute approximate surface area is 120 Å². The monoisotopic (exact) mass is 290 g/mol. The quantitative estimate of drug-likeness (QED) is 0.858. The zero-order valence-electron chi connectivity index (χ0n) is 11.1. The number of methoxy groups -OCH3 is 2. The highest BCUT2D eigenvalue weighted by Crippen LogP contribution is 2.32. The smallest absolute Gasteiger partial charge is 0.336 e. The zero-order chi connectivity index (χ0) is 14.5. The fraction of sp³-hybridized carbons (Fsp3) is 0.133. The van der Waals surface area contributed by atoms with E-state index in [9.17, 15) is 9.90 Å². The number of rotatable bonds is 5. The molecule has 0 fully saturated rings. The highest BCUT2D eigenvalue weighted by atomic mass is 32.1. The fourth-order valence-electron chi connectivity index (χ4n) is 1.79. The summed E-state index contributed by atoms with van der Waals surface area (Å²) in [6.45, 7) is 0. The van der Waals surface area contributed by atoms with E-state index in [1.54, 1.807) is 24.3 Å². The molecule has 4 nitrogen and oxygen atoms in total. The highest BCUT2D eigenvalue weighted by molar-refractivity contribution is 7.11. The van der Waals surface area contributed by atoms with Crippen molar-refractivity contribution in [3.05, 3.63) is 46.2 Å². The van der Waals surface area contributed by atoms with Crippen molar-refractivity contribution in [2.24, 2.45) is 0 Å². The molecule has 0 amide bonds. The Hall–Kier alpha value is -2.27. The first-order chi connectivity index (χ1) is 9.65. The third-order valence-corrected chi connectivity index (χ3v) is 3.58. The Balaban J connectivity index is 2.57. The van der Waals surface area contributed by atoms with E-state index in [1.165, 1.54) is 25.6 Å². The summed E-state index contributed by atoms with van der Waals surface area (Å²) in [5.41, 5.74) is 0.663. The molecule has 5 heteroatoms. The molecule has 0 aliphatic heterocycles. The van der Waals surface area contributed by atoms with Crippen LogP contribution in [-0.4, -0.2) is 25.3 Å². The number of carbonyl (C=O) groups is 1. The average molecular weight is 290 g/mol. The lowest BCUT2D eigenvalue weighted by Crippen LogP contribution is -2.02. The van der Waals surface area contributed by atoms with E-state index in [-0.39, 0.29) is 5.57 Å². The standard InChI is InChI=1S/C15H14O4S/c1-18-10-5-6-14(19-2)12(8-10)13(15(16)17)9-11-4-3-7-20-11/h3-9H,1-2H3,(H,16,17)/b13-9-. The van der Waals surface area contributed by atoms with E-state index >= 15 is 0 Å². The van der Waals surface area contributed by atoms with Crippen LogP contribution < -0.4 is 9.47 Å². The van der Waals surface area contributed by atoms with Crippen LogP contribution in [0.1, 0.15) is 10.4 Å². The Bertz CT molecular complexity index is 629. The van der Waals surface area contributed by atoms with Crippen LogP contribution in [0.15, 0.2) is 35.7 Å². The number of hydrogen-bond donors (Lipinski definition) is 1. The Morgan fingerprint density at radius 2 is 2.05 bits per heavy atom. The van der Waals surface area contributed by atoms with Gasteiger partial charge in [0.2, 0.25) is 0 Å². The van der Waals surface area contributed by atoms with Crippen LogP contribution in [0, 0.1) is 0 Å². The van der Waals surface area contributed by atoms with Gasteiger partial charge < -0.3 is 14.6 Å². The summed E-state index contributed by atoms with van der Waals surface area (Å²) in [7, 11) is 3.05. The maximum atomic E-state index is 11.5. The third-order valence-electron chi connectivity index (χ3n) is 2.76. The second kappa shape index (κ2) is 6.25. The van der Waals surface area contributed by atoms with E-state index in [0.29, 0.717) is 17.1 Å². The van der Waals surface area contributed by atoms with Gasteiger partial charge >= 0.3 is 5.97 Å². The van der Waals surface area contributed by atoms with E-state index in [0.717, 1.165) is 4.88 Å². The topological polar surface area (TPSA) is 55.8 Å². The SMILES string of the molecule is COc1ccc(OC)c(/C(=C/c2cccs2)C(=O)O)c1. The van der Waals surface area contributed by atoms with Gasteiger partial charge in [0.1, 0.15) is 11.5 Å². The lowest BCUT2D eigenvalue weighted by Gasteiger charge is -2.11. The highest BCUT2D eigenvalue weighted by Gasteiger charge is 2.16. The predicted octanol–water partition coefficient (Wildman–Crippen LogP) is 3.39. The molecule has 0 spiro atoms. The van der Waals surface area contributed by atoms with Crippen molar-refractivity contribution in [1.82, 2.24) is 0 Å². The number of hydrogen-bond acceptors (Lipinski definition) is 4. The van der Waals surface area contributed by atoms with Gasteiger partial charge in [-0.05, 0) is 35.7 Å². The first-order valence-corrected chi connectivity index (χ1v) is 6.74. The van der Waals surface area contributed by atoms with Gasteiger partial charge in [-0.1, -0.05) is 6.07 Å². The van der Waals surface area contributed by atoms with Crippen molar-refractivity contribution < 1.29 is 19.4 Å². The molecular formula is C15H14O4S. The molecule has 1 N–H and O–H groups in total. The van der Waals surface area contributed by atoms with Crippen LogP contribution >= 0.6 is 11.3 Å². The summed E-state index contributed by atoms with van der Waals surface area (Å²) in [5.74, 6) is 0.0695. The first-order valence-electron chi connectivity index (χ1n) is 5.86. The molecule has 0 bridgehead atoms. The van der Waals surface area contributed by atoms with Gasteiger partial charge in [-0.25, -0.2) is 4.79 Å². The van der Waals surface area contributed by atoms with Gasteiger partial charge in [0.15, 0.2) is 0 Å². The molecule has 0 saturated heterocycles. The molecule has 0 atom stereocenters. The van der Waals surface area contributed by atoms with Crippen molar-refractivity contribution in [2.45, 2.75) is 0 Å². The van der Waals surface area contributed by atoms with Crippen LogP contribution in [0.25, 0.3) is 11.6 Å². The second-order valence-corrected chi connectivity index (χ2v) is 4.92. The molecule has 2 aromatic rings. The molecule has 0 unspecified atom stereocenters. The van der Waals surface area contributed by atoms with E-state index in [2.05, 4.69) is 0 Å². The summed E-state index contributed by atoms with van der Waals surface area (Å²) < 4.78 is 10.4. The third kappa shape index (κ3) is 3.00. The molecule has 1 heterocycles. The number of benzene rings is 1. The maximum Gasteiger partial charge on any atom is 0.336 e. The van der Waals surface area contributed by atoms with Crippen molar-refractivity contribution in [1.29, 1.82) is 0 Å². The zero-order valence-corrected chi connectivity index (χ0v) is 11.9. The minimum atomic E-state index is -1.01. The predicted molar refractivity (Wildman–Crippen MR) is 79.4 cm³/mol. The Morgan fingerprint density at radius 3 is 2.60 bits per heavy atom. The minimum absolute atomic E-state index is 0.170. The van der Waals surface area contributed by atoms with Crippen molar-refractivity contribution in [3.8, 4) is 11.5 Å². The van der Waals surface area contributed by atoms with Gasteiger partial charge in [-0.15, -0.1) is 11.3 Å². The van der Waals surface area contributed by atoms with Gasteiger partial charge in [0.05, 0.1) is 19.8 Å². The molecular weight excluding hydrogens is 276 g/mol. The summed E-state index contributed by atoms with van der Waals surface area (Å²) in [5, 5.41) is 11.3. The molecule has 104 valence electrons. The molecule has 20 heavy (non-hydrogen) atoms. The lowest BCUT2D eigenvalue weighted by molar-refractivity contribution is -0.130. The molecule has 0 aliphatic rings. The van der Waals surface area contributed by atoms with Gasteiger partial charge in [0, 0.05) is 10.4 Å². The second-order valence-electron chi connectivity index (χ2n) is 3.94. The van der Waals surface area contributed by atoms with E-state index in [4.69, 9.17) is 9.47 Å². The molecule has 2 rings (SSSR count). The van der Waals surface area contributed by atoms with Crippen LogP contribution in [0.3, 0.4) is 0 Å². The summed E-state index contributed by atoms with van der Waals surface area (Å²) in [6.07, 6.45) is 1.63. The van der Waals surface area contributed by atoms with Crippen LogP contribution in [-0.2, 0) is 4.79 Å². The van der Waals surface area contributed by atoms with Gasteiger partial charge in [0.25, 0.3) is 0 Å². The molecule has 0 saturated carbocycles. The average Bonchev–Trinajstić information content (AvgIpc) is 2.96. The van der Waals surface area contributed by atoms with Crippen molar-refractivity contribution in [2.75, 3.05) is 14.2 Å². The van der Waals surface area contributed by atoms with Crippen LogP contribution in [0.2, 0.25) is 0 Å². The Morgan fingerprint density at radius 1 is 1.25 bits per heavy atom. The van der Waals surface area contributed by atoms with E-state index < -0.39 is 5.97 Å². The van der Waals surface area contributed by atoms with Crippen molar-refractivity contribution >= 4 is 29.0 Å². The van der Waals surface area contributed by atoms with Gasteiger partial charge in [-0.3, -0.25) is 0 Å². The van der Waals surface area contributed by atoms with Crippen molar-refractivity contribution in [3.63, 3.8) is 0 Å². The number of thiophene rings is 1. The number of carboxylic acid groups (broad SMARTS) is 1. The van der Waals surface area contributed by atoms with Crippen LogP contribution in [0.4, 0.5) is 0 Å². The van der Waals surface area contributed by atoms with E-state index in [1.807, 2.05) is 17.5 Å². The lowest BCUT2D eigenvalue weighted by atomic mass is 10.0. The minimum Gasteiger partial charge on any atom is -0.497 e. The van der Waals surface area contributed by atoms with Gasteiger partial charge in [-0.2, -0.15) is 0 Å². The molecule has 1 aromatic carbocycles. The first kappa shape index (κ1) is 14.1. The summed E-state index contributed by atoms with van der Waals surface area (Å²) in [4.78, 5) is 12.4.